The average Bonchev–Trinajstić information content (AvgIpc) is 2.74. The van der Waals surface area contributed by atoms with E-state index in [4.69, 9.17) is 0 Å². The molecule has 0 saturated heterocycles. The van der Waals surface area contributed by atoms with Crippen LogP contribution in [0, 0.1) is 0 Å². The first-order chi connectivity index (χ1) is 9.24. The highest BCUT2D eigenvalue weighted by Gasteiger charge is 2.02. The molecule has 1 aromatic carbocycles. The summed E-state index contributed by atoms with van der Waals surface area (Å²) in [5.74, 6) is 0. The Morgan fingerprint density at radius 3 is 2.58 bits per heavy atom. The Labute approximate surface area is 132 Å². The van der Waals surface area contributed by atoms with E-state index in [1.165, 1.54) is 16.5 Å². The molecule has 0 aliphatic rings. The fourth-order valence-corrected chi connectivity index (χ4v) is 4.67. The number of fused-ring (bicyclic) bond motifs is 1. The highest BCUT2D eigenvalue weighted by molar-refractivity contribution is 9.12. The van der Waals surface area contributed by atoms with Gasteiger partial charge in [0.1, 0.15) is 0 Å². The van der Waals surface area contributed by atoms with E-state index in [0.717, 1.165) is 13.1 Å². The SMILES string of the molecule is Brc1cc(/C=C/c2ccnc3ccccc23)c(Br)s1. The lowest BCUT2D eigenvalue weighted by Gasteiger charge is -2.00. The second-order valence-corrected chi connectivity index (χ2v) is 7.78. The zero-order valence-electron chi connectivity index (χ0n) is 9.81. The Morgan fingerprint density at radius 1 is 1.00 bits per heavy atom. The molecule has 0 amide bonds. The molecule has 0 fully saturated rings. The van der Waals surface area contributed by atoms with E-state index in [1.54, 1.807) is 11.3 Å². The molecule has 0 radical (unpaired) electrons. The minimum absolute atomic E-state index is 1.02. The highest BCUT2D eigenvalue weighted by atomic mass is 79.9. The van der Waals surface area contributed by atoms with Crippen molar-refractivity contribution >= 4 is 66.3 Å². The summed E-state index contributed by atoms with van der Waals surface area (Å²) < 4.78 is 2.26. The molecule has 0 atom stereocenters. The Bertz CT molecular complexity index is 756. The number of hydrogen-bond donors (Lipinski definition) is 0. The van der Waals surface area contributed by atoms with Crippen LogP contribution in [-0.2, 0) is 0 Å². The van der Waals surface area contributed by atoms with Crippen LogP contribution in [0.5, 0.6) is 0 Å². The summed E-state index contributed by atoms with van der Waals surface area (Å²) >= 11 is 8.74. The lowest BCUT2D eigenvalue weighted by atomic mass is 10.1. The van der Waals surface area contributed by atoms with Gasteiger partial charge in [0.2, 0.25) is 0 Å². The third kappa shape index (κ3) is 2.81. The molecule has 0 saturated carbocycles. The van der Waals surface area contributed by atoms with Gasteiger partial charge < -0.3 is 0 Å². The van der Waals surface area contributed by atoms with Crippen molar-refractivity contribution in [1.29, 1.82) is 0 Å². The number of benzene rings is 1. The monoisotopic (exact) mass is 393 g/mol. The molecule has 0 spiro atoms. The second kappa shape index (κ2) is 5.57. The molecule has 1 nitrogen and oxygen atoms in total. The topological polar surface area (TPSA) is 12.9 Å². The number of pyridine rings is 1. The van der Waals surface area contributed by atoms with E-state index in [2.05, 4.69) is 61.1 Å². The number of aromatic nitrogens is 1. The van der Waals surface area contributed by atoms with Gasteiger partial charge >= 0.3 is 0 Å². The van der Waals surface area contributed by atoms with Gasteiger partial charge in [-0.05, 0) is 55.6 Å². The van der Waals surface area contributed by atoms with Gasteiger partial charge in [0.25, 0.3) is 0 Å². The molecule has 3 rings (SSSR count). The second-order valence-electron chi connectivity index (χ2n) is 4.03. The normalized spacial score (nSPS) is 11.5. The molecule has 94 valence electrons. The van der Waals surface area contributed by atoms with Crippen molar-refractivity contribution in [2.24, 2.45) is 0 Å². The van der Waals surface area contributed by atoms with Crippen molar-refractivity contribution in [2.75, 3.05) is 0 Å². The maximum Gasteiger partial charge on any atom is 0.0782 e. The van der Waals surface area contributed by atoms with E-state index in [-0.39, 0.29) is 0 Å². The summed E-state index contributed by atoms with van der Waals surface area (Å²) in [6.07, 6.45) is 6.09. The summed E-state index contributed by atoms with van der Waals surface area (Å²) in [7, 11) is 0. The maximum absolute atomic E-state index is 4.37. The molecule has 0 N–H and O–H groups in total. The molecule has 2 aromatic heterocycles. The average molecular weight is 395 g/mol. The first kappa shape index (κ1) is 13.0. The number of rotatable bonds is 2. The summed E-state index contributed by atoms with van der Waals surface area (Å²) in [5, 5.41) is 1.17. The minimum Gasteiger partial charge on any atom is -0.256 e. The zero-order valence-corrected chi connectivity index (χ0v) is 13.8. The van der Waals surface area contributed by atoms with Crippen LogP contribution < -0.4 is 0 Å². The first-order valence-electron chi connectivity index (χ1n) is 5.71. The number of hydrogen-bond acceptors (Lipinski definition) is 2. The molecule has 4 heteroatoms. The summed E-state index contributed by atoms with van der Waals surface area (Å²) in [6.45, 7) is 0. The molecule has 2 heterocycles. The fraction of sp³-hybridized carbons (Fsp3) is 0. The van der Waals surface area contributed by atoms with Crippen LogP contribution in [0.25, 0.3) is 23.1 Å². The third-order valence-corrected chi connectivity index (χ3v) is 5.19. The molecular formula is C15H9Br2NS. The van der Waals surface area contributed by atoms with Crippen LogP contribution in [0.2, 0.25) is 0 Å². The third-order valence-electron chi connectivity index (χ3n) is 2.81. The molecular weight excluding hydrogens is 386 g/mol. The van der Waals surface area contributed by atoms with E-state index >= 15 is 0 Å². The van der Waals surface area contributed by atoms with E-state index in [1.807, 2.05) is 30.5 Å². The van der Waals surface area contributed by atoms with Gasteiger partial charge in [-0.2, -0.15) is 0 Å². The maximum atomic E-state index is 4.37. The first-order valence-corrected chi connectivity index (χ1v) is 8.11. The molecule has 0 aliphatic carbocycles. The van der Waals surface area contributed by atoms with Gasteiger partial charge in [-0.1, -0.05) is 30.4 Å². The van der Waals surface area contributed by atoms with Crippen LogP contribution in [-0.4, -0.2) is 4.98 Å². The predicted molar refractivity (Wildman–Crippen MR) is 90.4 cm³/mol. The minimum atomic E-state index is 1.02. The van der Waals surface area contributed by atoms with Crippen LogP contribution >= 0.6 is 43.2 Å². The number of para-hydroxylation sites is 1. The predicted octanol–water partition coefficient (Wildman–Crippen LogP) is 5.99. The Hall–Kier alpha value is -0.970. The van der Waals surface area contributed by atoms with Gasteiger partial charge in [-0.3, -0.25) is 4.98 Å². The van der Waals surface area contributed by atoms with Crippen molar-refractivity contribution in [3.63, 3.8) is 0 Å². The van der Waals surface area contributed by atoms with Crippen LogP contribution in [0.4, 0.5) is 0 Å². The van der Waals surface area contributed by atoms with Crippen molar-refractivity contribution in [1.82, 2.24) is 4.98 Å². The lowest BCUT2D eigenvalue weighted by molar-refractivity contribution is 1.41. The molecule has 19 heavy (non-hydrogen) atoms. The number of nitrogens with zero attached hydrogens (tertiary/aromatic N) is 1. The Kier molecular flexibility index (Phi) is 3.82. The Morgan fingerprint density at radius 2 is 1.79 bits per heavy atom. The summed E-state index contributed by atoms with van der Waals surface area (Å²) in [6, 6.07) is 12.3. The molecule has 3 aromatic rings. The molecule has 0 aliphatic heterocycles. The molecule has 0 unspecified atom stereocenters. The molecule has 0 bridgehead atoms. The summed E-state index contributed by atoms with van der Waals surface area (Å²) in [5.41, 5.74) is 3.38. The largest absolute Gasteiger partial charge is 0.256 e. The summed E-state index contributed by atoms with van der Waals surface area (Å²) in [4.78, 5) is 4.37. The van der Waals surface area contributed by atoms with Gasteiger partial charge in [-0.15, -0.1) is 11.3 Å². The highest BCUT2D eigenvalue weighted by Crippen LogP contribution is 2.33. The van der Waals surface area contributed by atoms with Crippen molar-refractivity contribution < 1.29 is 0 Å². The van der Waals surface area contributed by atoms with Crippen molar-refractivity contribution in [3.05, 3.63) is 61.3 Å². The van der Waals surface area contributed by atoms with Gasteiger partial charge in [0.15, 0.2) is 0 Å². The standard InChI is InChI=1S/C15H9Br2NS/c16-14-9-11(15(17)19-14)6-5-10-7-8-18-13-4-2-1-3-12(10)13/h1-9H/b6-5+. The van der Waals surface area contributed by atoms with Crippen molar-refractivity contribution in [2.45, 2.75) is 0 Å². The number of halogens is 2. The van der Waals surface area contributed by atoms with Crippen LogP contribution in [0.3, 0.4) is 0 Å². The lowest BCUT2D eigenvalue weighted by Crippen LogP contribution is -1.81. The van der Waals surface area contributed by atoms with E-state index < -0.39 is 0 Å². The van der Waals surface area contributed by atoms with Gasteiger partial charge in [0, 0.05) is 17.1 Å². The Balaban J connectivity index is 2.04. The van der Waals surface area contributed by atoms with Crippen molar-refractivity contribution in [3.8, 4) is 0 Å². The quantitative estimate of drug-likeness (QED) is 0.520. The van der Waals surface area contributed by atoms with E-state index in [0.29, 0.717) is 0 Å². The van der Waals surface area contributed by atoms with Gasteiger partial charge in [0.05, 0.1) is 13.1 Å². The van der Waals surface area contributed by atoms with Gasteiger partial charge in [-0.25, -0.2) is 0 Å². The van der Waals surface area contributed by atoms with E-state index in [9.17, 15) is 0 Å². The van der Waals surface area contributed by atoms with Crippen LogP contribution in [0.1, 0.15) is 11.1 Å². The smallest absolute Gasteiger partial charge is 0.0782 e. The number of thiophene rings is 1. The zero-order chi connectivity index (χ0) is 13.2. The van der Waals surface area contributed by atoms with Crippen LogP contribution in [0.15, 0.2) is 50.2 Å². The fourth-order valence-electron chi connectivity index (χ4n) is 1.91.